The number of nitrogens with one attached hydrogen (secondary N) is 2. The number of hydrogen-bond acceptors (Lipinski definition) is 3. The maximum Gasteiger partial charge on any atom is 0.125 e. The molecule has 1 aromatic heterocycles. The van der Waals surface area contributed by atoms with Gasteiger partial charge in [-0.05, 0) is 30.7 Å². The first kappa shape index (κ1) is 13.6. The number of benzene rings is 1. The highest BCUT2D eigenvalue weighted by Crippen LogP contribution is 2.26. The normalized spacial score (nSPS) is 10.3. The highest BCUT2D eigenvalue weighted by molar-refractivity contribution is 6.33. The van der Waals surface area contributed by atoms with Crippen molar-refractivity contribution in [3.8, 4) is 0 Å². The van der Waals surface area contributed by atoms with E-state index in [4.69, 9.17) is 11.6 Å². The lowest BCUT2D eigenvalue weighted by Crippen LogP contribution is -2.01. The predicted molar refractivity (Wildman–Crippen MR) is 77.7 cm³/mol. The van der Waals surface area contributed by atoms with Crippen molar-refractivity contribution in [1.82, 2.24) is 4.98 Å². The van der Waals surface area contributed by atoms with Crippen molar-refractivity contribution in [3.63, 3.8) is 0 Å². The maximum atomic E-state index is 13.2. The number of halogens is 2. The Balaban J connectivity index is 2.16. The first-order chi connectivity index (χ1) is 9.19. The highest BCUT2D eigenvalue weighted by atomic mass is 35.5. The summed E-state index contributed by atoms with van der Waals surface area (Å²) in [6.45, 7) is 2.97. The van der Waals surface area contributed by atoms with Gasteiger partial charge in [0, 0.05) is 6.54 Å². The van der Waals surface area contributed by atoms with Gasteiger partial charge in [0.05, 0.1) is 34.5 Å². The average molecular weight is 280 g/mol. The first-order valence-corrected chi connectivity index (χ1v) is 6.48. The third-order valence-corrected chi connectivity index (χ3v) is 2.85. The molecule has 0 aliphatic heterocycles. The first-order valence-electron chi connectivity index (χ1n) is 6.10. The van der Waals surface area contributed by atoms with Gasteiger partial charge in [0.2, 0.25) is 0 Å². The Labute approximate surface area is 116 Å². The fourth-order valence-electron chi connectivity index (χ4n) is 1.62. The second-order valence-corrected chi connectivity index (χ2v) is 4.55. The van der Waals surface area contributed by atoms with E-state index >= 15 is 0 Å². The summed E-state index contributed by atoms with van der Waals surface area (Å²) in [7, 11) is 0. The highest BCUT2D eigenvalue weighted by Gasteiger charge is 2.03. The van der Waals surface area contributed by atoms with Crippen molar-refractivity contribution in [3.05, 3.63) is 47.5 Å². The van der Waals surface area contributed by atoms with E-state index in [1.165, 1.54) is 18.2 Å². The minimum absolute atomic E-state index is 0.333. The van der Waals surface area contributed by atoms with Gasteiger partial charge in [-0.1, -0.05) is 18.5 Å². The van der Waals surface area contributed by atoms with Gasteiger partial charge in [-0.15, -0.1) is 0 Å². The van der Waals surface area contributed by atoms with Gasteiger partial charge in [0.25, 0.3) is 0 Å². The molecule has 0 spiro atoms. The van der Waals surface area contributed by atoms with Crippen LogP contribution < -0.4 is 10.6 Å². The van der Waals surface area contributed by atoms with Crippen LogP contribution >= 0.6 is 11.6 Å². The second kappa shape index (κ2) is 6.38. The van der Waals surface area contributed by atoms with Crippen LogP contribution in [-0.4, -0.2) is 11.5 Å². The molecule has 19 heavy (non-hydrogen) atoms. The molecule has 0 saturated heterocycles. The Kier molecular flexibility index (Phi) is 4.58. The molecule has 0 amide bonds. The van der Waals surface area contributed by atoms with Crippen molar-refractivity contribution >= 4 is 28.7 Å². The summed E-state index contributed by atoms with van der Waals surface area (Å²) in [6.07, 6.45) is 4.44. The predicted octanol–water partition coefficient (Wildman–Crippen LogP) is 4.44. The van der Waals surface area contributed by atoms with Gasteiger partial charge in [-0.25, -0.2) is 4.39 Å². The maximum absolute atomic E-state index is 13.2. The molecule has 2 rings (SSSR count). The van der Waals surface area contributed by atoms with Gasteiger partial charge in [-0.2, -0.15) is 0 Å². The number of hydrogen-bond donors (Lipinski definition) is 2. The van der Waals surface area contributed by atoms with Crippen LogP contribution in [0, 0.1) is 5.82 Å². The summed E-state index contributed by atoms with van der Waals surface area (Å²) < 4.78 is 13.2. The number of nitrogens with zero attached hydrogens (tertiary/aromatic N) is 1. The van der Waals surface area contributed by atoms with Crippen molar-refractivity contribution in [1.29, 1.82) is 0 Å². The summed E-state index contributed by atoms with van der Waals surface area (Å²) in [5, 5.41) is 6.76. The standard InChI is InChI=1S/C14H15ClFN3/c1-2-5-18-11-7-12(9-17-8-11)19-14-6-10(16)3-4-13(14)15/h3-4,6-9,18-19H,2,5H2,1H3. The molecule has 0 aliphatic carbocycles. The molecule has 5 heteroatoms. The van der Waals surface area contributed by atoms with E-state index in [1.807, 2.05) is 6.07 Å². The zero-order valence-electron chi connectivity index (χ0n) is 10.6. The smallest absolute Gasteiger partial charge is 0.125 e. The van der Waals surface area contributed by atoms with Gasteiger partial charge in [-0.3, -0.25) is 4.98 Å². The molecule has 0 fully saturated rings. The zero-order valence-corrected chi connectivity index (χ0v) is 11.3. The Hall–Kier alpha value is -1.81. The topological polar surface area (TPSA) is 37.0 Å². The van der Waals surface area contributed by atoms with Crippen LogP contribution in [0.25, 0.3) is 0 Å². The third kappa shape index (κ3) is 3.83. The molecular formula is C14H15ClFN3. The summed E-state index contributed by atoms with van der Waals surface area (Å²) in [4.78, 5) is 4.12. The fourth-order valence-corrected chi connectivity index (χ4v) is 1.79. The van der Waals surface area contributed by atoms with Crippen LogP contribution in [0.1, 0.15) is 13.3 Å². The SMILES string of the molecule is CCCNc1cncc(Nc2cc(F)ccc2Cl)c1. The van der Waals surface area contributed by atoms with E-state index in [1.54, 1.807) is 12.4 Å². The molecule has 3 nitrogen and oxygen atoms in total. The molecule has 1 heterocycles. The largest absolute Gasteiger partial charge is 0.384 e. The molecule has 0 radical (unpaired) electrons. The minimum Gasteiger partial charge on any atom is -0.384 e. The molecule has 0 bridgehead atoms. The van der Waals surface area contributed by atoms with Gasteiger partial charge < -0.3 is 10.6 Å². The molecule has 0 atom stereocenters. The van der Waals surface area contributed by atoms with Crippen molar-refractivity contribution in [2.24, 2.45) is 0 Å². The van der Waals surface area contributed by atoms with Crippen molar-refractivity contribution in [2.75, 3.05) is 17.2 Å². The Morgan fingerprint density at radius 2 is 2.00 bits per heavy atom. The minimum atomic E-state index is -0.333. The van der Waals surface area contributed by atoms with Crippen LogP contribution in [-0.2, 0) is 0 Å². The van der Waals surface area contributed by atoms with Gasteiger partial charge >= 0.3 is 0 Å². The number of aromatic nitrogens is 1. The number of pyridine rings is 1. The lowest BCUT2D eigenvalue weighted by Gasteiger charge is -2.10. The summed E-state index contributed by atoms with van der Waals surface area (Å²) >= 11 is 6.00. The van der Waals surface area contributed by atoms with Crippen LogP contribution in [0.2, 0.25) is 5.02 Å². The molecule has 100 valence electrons. The lowest BCUT2D eigenvalue weighted by atomic mass is 10.3. The van der Waals surface area contributed by atoms with E-state index < -0.39 is 0 Å². The van der Waals surface area contributed by atoms with E-state index in [9.17, 15) is 4.39 Å². The quantitative estimate of drug-likeness (QED) is 0.849. The molecule has 1 aromatic carbocycles. The Morgan fingerprint density at radius 1 is 1.21 bits per heavy atom. The molecular weight excluding hydrogens is 265 g/mol. The molecule has 0 saturated carbocycles. The molecule has 0 aliphatic rings. The Morgan fingerprint density at radius 3 is 2.79 bits per heavy atom. The number of rotatable bonds is 5. The number of anilines is 3. The molecule has 2 aromatic rings. The fraction of sp³-hybridized carbons (Fsp3) is 0.214. The van der Waals surface area contributed by atoms with Crippen LogP contribution in [0.5, 0.6) is 0 Å². The third-order valence-electron chi connectivity index (χ3n) is 2.52. The Bertz CT molecular complexity index is 560. The van der Waals surface area contributed by atoms with Crippen LogP contribution in [0.3, 0.4) is 0 Å². The lowest BCUT2D eigenvalue weighted by molar-refractivity contribution is 0.628. The van der Waals surface area contributed by atoms with Crippen molar-refractivity contribution in [2.45, 2.75) is 13.3 Å². The van der Waals surface area contributed by atoms with E-state index in [0.29, 0.717) is 10.7 Å². The van der Waals surface area contributed by atoms with E-state index in [-0.39, 0.29) is 5.82 Å². The zero-order chi connectivity index (χ0) is 13.7. The summed E-state index contributed by atoms with van der Waals surface area (Å²) in [5.74, 6) is -0.333. The van der Waals surface area contributed by atoms with Crippen LogP contribution in [0.4, 0.5) is 21.5 Å². The van der Waals surface area contributed by atoms with Crippen LogP contribution in [0.15, 0.2) is 36.7 Å². The summed E-state index contributed by atoms with van der Waals surface area (Å²) in [5.41, 5.74) is 2.20. The van der Waals surface area contributed by atoms with Gasteiger partial charge in [0.1, 0.15) is 5.82 Å². The second-order valence-electron chi connectivity index (χ2n) is 4.14. The van der Waals surface area contributed by atoms with Crippen molar-refractivity contribution < 1.29 is 4.39 Å². The monoisotopic (exact) mass is 279 g/mol. The molecule has 2 N–H and O–H groups in total. The van der Waals surface area contributed by atoms with Gasteiger partial charge in [0.15, 0.2) is 0 Å². The summed E-state index contributed by atoms with van der Waals surface area (Å²) in [6, 6.07) is 6.11. The van der Waals surface area contributed by atoms with E-state index in [2.05, 4.69) is 22.5 Å². The average Bonchev–Trinajstić information content (AvgIpc) is 2.41. The van der Waals surface area contributed by atoms with E-state index in [0.717, 1.165) is 24.3 Å². The molecule has 0 unspecified atom stereocenters.